The van der Waals surface area contributed by atoms with Crippen molar-refractivity contribution >= 4 is 28.4 Å². The van der Waals surface area contributed by atoms with Crippen LogP contribution in [-0.4, -0.2) is 20.0 Å². The van der Waals surface area contributed by atoms with Crippen molar-refractivity contribution in [3.05, 3.63) is 67.0 Å². The lowest BCUT2D eigenvalue weighted by Gasteiger charge is -2.13. The third kappa shape index (κ3) is 2.62. The second-order valence-corrected chi connectivity index (χ2v) is 5.62. The maximum absolute atomic E-state index is 12.5. The number of hydrazine groups is 1. The number of hydrogen-bond acceptors (Lipinski definition) is 6. The molecule has 0 spiro atoms. The van der Waals surface area contributed by atoms with E-state index >= 15 is 0 Å². The fourth-order valence-corrected chi connectivity index (χ4v) is 2.51. The molecule has 0 aliphatic carbocycles. The molecule has 3 rings (SSSR count). The zero-order chi connectivity index (χ0) is 19.0. The lowest BCUT2D eigenvalue weighted by Crippen LogP contribution is -2.40. The molecule has 0 saturated heterocycles. The molecule has 2 heterocycles. The van der Waals surface area contributed by atoms with E-state index in [4.69, 9.17) is 5.73 Å². The molecule has 10 heteroatoms. The molecule has 26 heavy (non-hydrogen) atoms. The van der Waals surface area contributed by atoms with Gasteiger partial charge in [-0.25, -0.2) is 4.79 Å². The number of nitrogen functional groups attached to an aromatic ring is 1. The Hall–Kier alpha value is -3.82. The van der Waals surface area contributed by atoms with Gasteiger partial charge < -0.3 is 10.7 Å². The van der Waals surface area contributed by atoms with E-state index in [1.165, 1.54) is 14.1 Å². The van der Waals surface area contributed by atoms with Gasteiger partial charge in [0.2, 0.25) is 5.43 Å². The minimum Gasteiger partial charge on any atom is -0.393 e. The van der Waals surface area contributed by atoms with E-state index in [2.05, 4.69) is 15.8 Å². The first kappa shape index (κ1) is 17.0. The smallest absolute Gasteiger partial charge is 0.332 e. The van der Waals surface area contributed by atoms with Crippen molar-refractivity contribution in [2.24, 2.45) is 14.1 Å². The van der Waals surface area contributed by atoms with Crippen LogP contribution >= 0.6 is 0 Å². The first-order valence-corrected chi connectivity index (χ1v) is 7.55. The van der Waals surface area contributed by atoms with E-state index in [0.717, 1.165) is 9.13 Å². The first-order valence-electron chi connectivity index (χ1n) is 7.55. The van der Waals surface area contributed by atoms with Crippen LogP contribution in [0.25, 0.3) is 11.0 Å². The monoisotopic (exact) mass is 356 g/mol. The largest absolute Gasteiger partial charge is 0.393 e. The molecular weight excluding hydrogens is 340 g/mol. The Kier molecular flexibility index (Phi) is 4.08. The molecule has 1 amide bonds. The maximum atomic E-state index is 12.5. The summed E-state index contributed by atoms with van der Waals surface area (Å²) in [5, 5.41) is -0.243. The summed E-state index contributed by atoms with van der Waals surface area (Å²) in [6.45, 7) is 0. The van der Waals surface area contributed by atoms with E-state index in [0.29, 0.717) is 5.56 Å². The maximum Gasteiger partial charge on any atom is 0.332 e. The number of benzene rings is 1. The number of amides is 1. The van der Waals surface area contributed by atoms with Crippen LogP contribution in [-0.2, 0) is 14.1 Å². The molecule has 0 aliphatic rings. The molecule has 0 fully saturated rings. The molecule has 3 aromatic rings. The van der Waals surface area contributed by atoms with Gasteiger partial charge in [-0.2, -0.15) is 0 Å². The van der Waals surface area contributed by atoms with Crippen LogP contribution in [0.3, 0.4) is 0 Å². The Morgan fingerprint density at radius 3 is 2.38 bits per heavy atom. The van der Waals surface area contributed by atoms with Crippen molar-refractivity contribution in [2.45, 2.75) is 0 Å². The van der Waals surface area contributed by atoms with Gasteiger partial charge in [0.05, 0.1) is 0 Å². The molecule has 0 bridgehead atoms. The van der Waals surface area contributed by atoms with Gasteiger partial charge in [-0.05, 0) is 12.1 Å². The fourth-order valence-electron chi connectivity index (χ4n) is 2.51. The summed E-state index contributed by atoms with van der Waals surface area (Å²) < 4.78 is 1.93. The number of aromatic amines is 1. The summed E-state index contributed by atoms with van der Waals surface area (Å²) in [6, 6.07) is 8.39. The van der Waals surface area contributed by atoms with Crippen molar-refractivity contribution in [3.63, 3.8) is 0 Å². The summed E-state index contributed by atoms with van der Waals surface area (Å²) >= 11 is 0. The highest BCUT2D eigenvalue weighted by Crippen LogP contribution is 2.13. The lowest BCUT2D eigenvalue weighted by atomic mass is 10.2. The second-order valence-electron chi connectivity index (χ2n) is 5.62. The van der Waals surface area contributed by atoms with Crippen LogP contribution in [0.2, 0.25) is 0 Å². The van der Waals surface area contributed by atoms with Crippen LogP contribution in [0.15, 0.2) is 44.7 Å². The number of hydrogen-bond donors (Lipinski definition) is 4. The van der Waals surface area contributed by atoms with E-state index in [1.54, 1.807) is 30.3 Å². The van der Waals surface area contributed by atoms with Gasteiger partial charge in [-0.15, -0.1) is 0 Å². The van der Waals surface area contributed by atoms with Crippen molar-refractivity contribution in [3.8, 4) is 0 Å². The van der Waals surface area contributed by atoms with Crippen LogP contribution in [0, 0.1) is 0 Å². The van der Waals surface area contributed by atoms with Crippen LogP contribution in [0.5, 0.6) is 0 Å². The van der Waals surface area contributed by atoms with Crippen LogP contribution in [0.4, 0.5) is 11.5 Å². The molecule has 1 aromatic carbocycles. The SMILES string of the molecule is Cn1c(=O)c2c(=O)c(N)c(NNC(=O)c3ccccc3)[nH]c2n(C)c1=O. The third-order valence-electron chi connectivity index (χ3n) is 3.99. The number of anilines is 2. The molecule has 0 saturated carbocycles. The van der Waals surface area contributed by atoms with E-state index < -0.39 is 22.6 Å². The molecule has 5 N–H and O–H groups in total. The van der Waals surface area contributed by atoms with Crippen molar-refractivity contribution < 1.29 is 4.79 Å². The van der Waals surface area contributed by atoms with E-state index in [-0.39, 0.29) is 22.5 Å². The Labute approximate surface area is 145 Å². The van der Waals surface area contributed by atoms with Gasteiger partial charge in [0.15, 0.2) is 5.82 Å². The molecule has 10 nitrogen and oxygen atoms in total. The number of H-pyrrole nitrogens is 1. The number of nitrogens with two attached hydrogens (primary N) is 1. The van der Waals surface area contributed by atoms with E-state index in [1.807, 2.05) is 0 Å². The molecule has 0 unspecified atom stereocenters. The molecule has 0 radical (unpaired) electrons. The van der Waals surface area contributed by atoms with Crippen molar-refractivity contribution in [1.29, 1.82) is 0 Å². The second kappa shape index (κ2) is 6.24. The number of rotatable bonds is 3. The topological polar surface area (TPSA) is 144 Å². The zero-order valence-electron chi connectivity index (χ0n) is 14.0. The average molecular weight is 356 g/mol. The van der Waals surface area contributed by atoms with Gasteiger partial charge in [-0.1, -0.05) is 18.2 Å². The minimum absolute atomic E-state index is 0.00578. The third-order valence-corrected chi connectivity index (χ3v) is 3.99. The Morgan fingerprint density at radius 2 is 1.73 bits per heavy atom. The lowest BCUT2D eigenvalue weighted by molar-refractivity contribution is 0.0962. The van der Waals surface area contributed by atoms with Crippen LogP contribution < -0.4 is 33.3 Å². The van der Waals surface area contributed by atoms with E-state index in [9.17, 15) is 19.2 Å². The standard InChI is InChI=1S/C16H16N6O4/c1-21-13-9(15(25)22(2)16(21)26)11(23)10(17)12(18-13)19-20-14(24)8-6-4-3-5-7-8/h3-7H,17H2,1-2H3,(H,20,24)(H2,18,19,23). The van der Waals surface area contributed by atoms with Gasteiger partial charge in [0.1, 0.15) is 16.7 Å². The Morgan fingerprint density at radius 1 is 1.08 bits per heavy atom. The molecule has 2 aromatic heterocycles. The molecule has 0 aliphatic heterocycles. The number of carbonyl (C=O) groups is 1. The number of carbonyl (C=O) groups excluding carboxylic acids is 1. The minimum atomic E-state index is -0.754. The van der Waals surface area contributed by atoms with Crippen LogP contribution in [0.1, 0.15) is 10.4 Å². The quantitative estimate of drug-likeness (QED) is 0.455. The number of nitrogens with one attached hydrogen (secondary N) is 3. The average Bonchev–Trinajstić information content (AvgIpc) is 2.66. The number of aromatic nitrogens is 3. The molecular formula is C16H16N6O4. The summed E-state index contributed by atoms with van der Waals surface area (Å²) in [7, 11) is 2.68. The highest BCUT2D eigenvalue weighted by atomic mass is 16.2. The summed E-state index contributed by atoms with van der Waals surface area (Å²) in [5.74, 6) is -0.487. The van der Waals surface area contributed by atoms with Gasteiger partial charge in [-0.3, -0.25) is 34.4 Å². The molecule has 0 atom stereocenters. The summed E-state index contributed by atoms with van der Waals surface area (Å²) in [4.78, 5) is 51.5. The highest BCUT2D eigenvalue weighted by Gasteiger charge is 2.17. The number of fused-ring (bicyclic) bond motifs is 1. The number of pyridine rings is 1. The Balaban J connectivity index is 2.07. The normalized spacial score (nSPS) is 10.7. The van der Waals surface area contributed by atoms with Gasteiger partial charge in [0.25, 0.3) is 11.5 Å². The number of nitrogens with zero attached hydrogens (tertiary/aromatic N) is 2. The van der Waals surface area contributed by atoms with Gasteiger partial charge in [0, 0.05) is 19.7 Å². The fraction of sp³-hybridized carbons (Fsp3) is 0.125. The highest BCUT2D eigenvalue weighted by molar-refractivity contribution is 5.95. The molecule has 134 valence electrons. The first-order chi connectivity index (χ1) is 12.3. The Bertz CT molecular complexity index is 1190. The number of aryl methyl sites for hydroxylation is 1. The van der Waals surface area contributed by atoms with Crippen molar-refractivity contribution in [2.75, 3.05) is 11.2 Å². The summed E-state index contributed by atoms with van der Waals surface area (Å²) in [5.41, 5.74) is 8.70. The predicted octanol–water partition coefficient (Wildman–Crippen LogP) is -0.735. The van der Waals surface area contributed by atoms with Crippen molar-refractivity contribution in [1.82, 2.24) is 19.5 Å². The zero-order valence-corrected chi connectivity index (χ0v) is 14.0. The predicted molar refractivity (Wildman–Crippen MR) is 97.0 cm³/mol. The summed E-state index contributed by atoms with van der Waals surface area (Å²) in [6.07, 6.45) is 0. The van der Waals surface area contributed by atoms with Gasteiger partial charge >= 0.3 is 5.69 Å².